The zero-order valence-corrected chi connectivity index (χ0v) is 17.5. The molecule has 0 saturated carbocycles. The summed E-state index contributed by atoms with van der Waals surface area (Å²) >= 11 is 0. The van der Waals surface area contributed by atoms with Crippen molar-refractivity contribution in [1.29, 1.82) is 0 Å². The first-order valence-electron chi connectivity index (χ1n) is 10.1. The zero-order valence-electron chi connectivity index (χ0n) is 17.5. The van der Waals surface area contributed by atoms with E-state index in [-0.39, 0.29) is 19.0 Å². The van der Waals surface area contributed by atoms with Crippen molar-refractivity contribution in [3.8, 4) is 11.5 Å². The van der Waals surface area contributed by atoms with E-state index >= 15 is 0 Å². The van der Waals surface area contributed by atoms with Crippen LogP contribution in [0.2, 0.25) is 0 Å². The summed E-state index contributed by atoms with van der Waals surface area (Å²) in [4.78, 5) is 14.3. The van der Waals surface area contributed by atoms with Gasteiger partial charge >= 0.3 is 0 Å². The van der Waals surface area contributed by atoms with Gasteiger partial charge in [0.2, 0.25) is 0 Å². The van der Waals surface area contributed by atoms with Gasteiger partial charge in [-0.2, -0.15) is 0 Å². The van der Waals surface area contributed by atoms with Gasteiger partial charge in [0.25, 0.3) is 5.91 Å². The van der Waals surface area contributed by atoms with Gasteiger partial charge in [-0.05, 0) is 49.2 Å². The third-order valence-corrected chi connectivity index (χ3v) is 5.53. The highest BCUT2D eigenvalue weighted by Crippen LogP contribution is 2.27. The second-order valence-corrected chi connectivity index (χ2v) is 7.62. The van der Waals surface area contributed by atoms with E-state index in [0.717, 1.165) is 12.0 Å². The third kappa shape index (κ3) is 5.11. The molecule has 1 aliphatic rings. The van der Waals surface area contributed by atoms with E-state index in [9.17, 15) is 15.0 Å². The van der Waals surface area contributed by atoms with E-state index < -0.39 is 11.7 Å². The van der Waals surface area contributed by atoms with Crippen molar-refractivity contribution in [2.45, 2.75) is 24.5 Å². The lowest BCUT2D eigenvalue weighted by Gasteiger charge is -2.42. The first kappa shape index (κ1) is 22.1. The number of hydrogen-bond donors (Lipinski definition) is 3. The van der Waals surface area contributed by atoms with Crippen molar-refractivity contribution in [2.24, 2.45) is 0 Å². The van der Waals surface area contributed by atoms with E-state index in [2.05, 4.69) is 5.32 Å². The predicted molar refractivity (Wildman–Crippen MR) is 114 cm³/mol. The summed E-state index contributed by atoms with van der Waals surface area (Å²) in [6.07, 6.45) is 0.178. The monoisotopic (exact) mass is 414 g/mol. The number of amides is 1. The van der Waals surface area contributed by atoms with Gasteiger partial charge in [0.05, 0.1) is 26.9 Å². The van der Waals surface area contributed by atoms with Crippen molar-refractivity contribution in [3.63, 3.8) is 0 Å². The summed E-state index contributed by atoms with van der Waals surface area (Å²) in [5.74, 6) is 1.22. The van der Waals surface area contributed by atoms with Crippen LogP contribution in [0.3, 0.4) is 0 Å². The molecule has 0 aromatic heterocycles. The second kappa shape index (κ2) is 9.93. The Balaban J connectivity index is 1.55. The molecule has 0 unspecified atom stereocenters. The number of aliphatic hydroxyl groups is 2. The smallest absolute Gasteiger partial charge is 0.253 e. The molecule has 1 heterocycles. The van der Waals surface area contributed by atoms with Crippen LogP contribution in [0.4, 0.5) is 0 Å². The number of nitrogens with zero attached hydrogens (tertiary/aromatic N) is 1. The highest BCUT2D eigenvalue weighted by molar-refractivity contribution is 5.94. The molecular formula is C23H30N2O5. The molecule has 0 radical (unpaired) electrons. The predicted octanol–water partition coefficient (Wildman–Crippen LogP) is 1.47. The Morgan fingerprint density at radius 3 is 2.60 bits per heavy atom. The first-order chi connectivity index (χ1) is 14.5. The Labute approximate surface area is 177 Å². The molecule has 1 aliphatic heterocycles. The molecule has 1 saturated heterocycles. The van der Waals surface area contributed by atoms with E-state index in [1.807, 2.05) is 36.4 Å². The van der Waals surface area contributed by atoms with Gasteiger partial charge in [0.1, 0.15) is 5.60 Å². The van der Waals surface area contributed by atoms with Gasteiger partial charge in [-0.3, -0.25) is 4.79 Å². The summed E-state index contributed by atoms with van der Waals surface area (Å²) in [7, 11) is 3.20. The Kier molecular flexibility index (Phi) is 7.31. The molecule has 1 amide bonds. The van der Waals surface area contributed by atoms with Crippen molar-refractivity contribution in [3.05, 3.63) is 59.7 Å². The molecule has 0 spiro atoms. The minimum atomic E-state index is -1.39. The number of hydrogen-bond acceptors (Lipinski definition) is 6. The summed E-state index contributed by atoms with van der Waals surface area (Å²) in [5, 5.41) is 24.6. The maximum Gasteiger partial charge on any atom is 0.253 e. The Morgan fingerprint density at radius 1 is 1.17 bits per heavy atom. The fraction of sp³-hybridized carbons (Fsp3) is 0.435. The molecular weight excluding hydrogens is 384 g/mol. The summed E-state index contributed by atoms with van der Waals surface area (Å²) in [6.45, 7) is 1.31. The number of likely N-dealkylation sites (tertiary alicyclic amines) is 1. The molecule has 3 N–H and O–H groups in total. The molecule has 7 heteroatoms. The minimum Gasteiger partial charge on any atom is -0.493 e. The largest absolute Gasteiger partial charge is 0.493 e. The minimum absolute atomic E-state index is 0.0885. The van der Waals surface area contributed by atoms with Crippen molar-refractivity contribution in [1.82, 2.24) is 10.2 Å². The van der Waals surface area contributed by atoms with E-state index in [1.165, 1.54) is 0 Å². The molecule has 0 aliphatic carbocycles. The van der Waals surface area contributed by atoms with Gasteiger partial charge in [-0.25, -0.2) is 0 Å². The second-order valence-electron chi connectivity index (χ2n) is 7.62. The molecule has 1 fully saturated rings. The number of piperidine rings is 1. The van der Waals surface area contributed by atoms with E-state index in [0.29, 0.717) is 36.6 Å². The first-order valence-corrected chi connectivity index (χ1v) is 10.1. The molecule has 30 heavy (non-hydrogen) atoms. The van der Waals surface area contributed by atoms with Crippen LogP contribution in [-0.2, 0) is 6.42 Å². The molecule has 0 bridgehead atoms. The molecule has 162 valence electrons. The maximum absolute atomic E-state index is 12.7. The van der Waals surface area contributed by atoms with Crippen molar-refractivity contribution in [2.75, 3.05) is 40.4 Å². The van der Waals surface area contributed by atoms with Gasteiger partial charge in [0.15, 0.2) is 11.5 Å². The van der Waals surface area contributed by atoms with Crippen LogP contribution in [0.1, 0.15) is 22.3 Å². The van der Waals surface area contributed by atoms with Crippen molar-refractivity contribution < 1.29 is 24.5 Å². The van der Waals surface area contributed by atoms with Crippen molar-refractivity contribution >= 4 is 5.91 Å². The number of carbonyl (C=O) groups is 1. The fourth-order valence-corrected chi connectivity index (χ4v) is 3.75. The average molecular weight is 415 g/mol. The number of rotatable bonds is 8. The molecule has 3 rings (SSSR count). The summed E-state index contributed by atoms with van der Waals surface area (Å²) in [6, 6.07) is 14.7. The SMILES string of the molecule is COc1ccc(CCNC[C@]2(O)CN(C(=O)c3ccccc3)CC[C@H]2O)cc1OC. The number of benzene rings is 2. The third-order valence-electron chi connectivity index (χ3n) is 5.53. The van der Waals surface area contributed by atoms with Crippen LogP contribution >= 0.6 is 0 Å². The number of methoxy groups -OCH3 is 2. The maximum atomic E-state index is 12.7. The van der Waals surface area contributed by atoms with Crippen LogP contribution in [0.25, 0.3) is 0 Å². The van der Waals surface area contributed by atoms with Gasteiger partial charge < -0.3 is 29.9 Å². The van der Waals surface area contributed by atoms with Gasteiger partial charge in [-0.1, -0.05) is 24.3 Å². The van der Waals surface area contributed by atoms with Crippen LogP contribution in [-0.4, -0.2) is 73.1 Å². The number of carbonyl (C=O) groups excluding carboxylic acids is 1. The topological polar surface area (TPSA) is 91.3 Å². The van der Waals surface area contributed by atoms with Crippen LogP contribution in [0.15, 0.2) is 48.5 Å². The zero-order chi connectivity index (χ0) is 21.6. The summed E-state index contributed by atoms with van der Waals surface area (Å²) < 4.78 is 10.6. The van der Waals surface area contributed by atoms with Crippen LogP contribution in [0, 0.1) is 0 Å². The van der Waals surface area contributed by atoms with Crippen LogP contribution in [0.5, 0.6) is 11.5 Å². The highest BCUT2D eigenvalue weighted by atomic mass is 16.5. The van der Waals surface area contributed by atoms with Crippen LogP contribution < -0.4 is 14.8 Å². The Bertz CT molecular complexity index is 845. The van der Waals surface area contributed by atoms with Gasteiger partial charge in [-0.15, -0.1) is 0 Å². The quantitative estimate of drug-likeness (QED) is 0.567. The number of aliphatic hydroxyl groups excluding tert-OH is 1. The Hall–Kier alpha value is -2.61. The molecule has 7 nitrogen and oxygen atoms in total. The highest BCUT2D eigenvalue weighted by Gasteiger charge is 2.42. The molecule has 2 atom stereocenters. The normalized spacial score (nSPS) is 21.3. The van der Waals surface area contributed by atoms with E-state index in [4.69, 9.17) is 9.47 Å². The Morgan fingerprint density at radius 2 is 1.90 bits per heavy atom. The fourth-order valence-electron chi connectivity index (χ4n) is 3.75. The lowest BCUT2D eigenvalue weighted by Crippen LogP contribution is -2.62. The average Bonchev–Trinajstić information content (AvgIpc) is 2.78. The van der Waals surface area contributed by atoms with Gasteiger partial charge in [0, 0.05) is 18.7 Å². The summed E-state index contributed by atoms with van der Waals surface area (Å²) in [5.41, 5.74) is 0.259. The number of β-amino-alcohol motifs (C(OH)–C–C–N with tert-alkyl or cyclic N) is 1. The number of nitrogens with one attached hydrogen (secondary N) is 1. The standard InChI is InChI=1S/C23H30N2O5/c1-29-19-9-8-17(14-20(19)30-2)10-12-24-15-23(28)16-25(13-11-21(23)26)22(27)18-6-4-3-5-7-18/h3-9,14,21,24,26,28H,10-13,15-16H2,1-2H3/t21-,23+/m1/s1. The number of ether oxygens (including phenoxy) is 2. The lowest BCUT2D eigenvalue weighted by atomic mass is 9.89. The molecule has 2 aromatic carbocycles. The molecule has 2 aromatic rings. The van der Waals surface area contributed by atoms with E-state index in [1.54, 1.807) is 31.3 Å². The lowest BCUT2D eigenvalue weighted by molar-refractivity contribution is -0.111.